The molecule has 0 aliphatic heterocycles. The highest BCUT2D eigenvalue weighted by Crippen LogP contribution is 2.40. The molecule has 1 fully saturated rings. The van der Waals surface area contributed by atoms with E-state index >= 15 is 0 Å². The number of nitrogens with one attached hydrogen (secondary N) is 1. The molecule has 1 aliphatic rings. The van der Waals surface area contributed by atoms with Crippen LogP contribution in [0, 0.1) is 9.39 Å². The molecule has 0 amide bonds. The topological polar surface area (TPSA) is 45.8 Å². The van der Waals surface area contributed by atoms with Gasteiger partial charge in [-0.15, -0.1) is 11.8 Å². The minimum Gasteiger partial charge on any atom is -0.309 e. The third-order valence-electron chi connectivity index (χ3n) is 3.10. The molecule has 0 saturated heterocycles. The third kappa shape index (κ3) is 3.06. The van der Waals surface area contributed by atoms with Crippen molar-refractivity contribution in [2.45, 2.75) is 29.4 Å². The van der Waals surface area contributed by atoms with Gasteiger partial charge in [0.1, 0.15) is 11.6 Å². The summed E-state index contributed by atoms with van der Waals surface area (Å²) in [5, 5.41) is 0. The third-order valence-corrected chi connectivity index (χ3v) is 5.20. The first kappa shape index (κ1) is 14.1. The van der Waals surface area contributed by atoms with Gasteiger partial charge in [-0.3, -0.25) is 4.79 Å². The molecule has 1 aromatic heterocycles. The molecule has 1 aliphatic carbocycles. The Balaban J connectivity index is 1.81. The molecule has 0 atom stereocenters. The number of hydrogen-bond acceptors (Lipinski definition) is 3. The summed E-state index contributed by atoms with van der Waals surface area (Å²) in [5.74, 6) is 1.27. The summed E-state index contributed by atoms with van der Waals surface area (Å²) in [6.07, 6.45) is 2.21. The molecule has 20 heavy (non-hydrogen) atoms. The van der Waals surface area contributed by atoms with Crippen molar-refractivity contribution in [2.24, 2.45) is 0 Å². The van der Waals surface area contributed by atoms with Crippen LogP contribution in [0.2, 0.25) is 0 Å². The van der Waals surface area contributed by atoms with Crippen LogP contribution in [0.25, 0.3) is 0 Å². The van der Waals surface area contributed by atoms with Crippen molar-refractivity contribution in [3.63, 3.8) is 0 Å². The van der Waals surface area contributed by atoms with Gasteiger partial charge in [-0.2, -0.15) is 0 Å². The maximum atomic E-state index is 13.5. The molecule has 1 saturated carbocycles. The van der Waals surface area contributed by atoms with Crippen LogP contribution in [0.5, 0.6) is 0 Å². The average Bonchev–Trinajstić information content (AvgIpc) is 3.26. The average molecular weight is 402 g/mol. The van der Waals surface area contributed by atoms with E-state index in [1.807, 2.05) is 22.6 Å². The molecule has 3 rings (SSSR count). The molecule has 0 spiro atoms. The lowest BCUT2D eigenvalue weighted by Crippen LogP contribution is -2.17. The molecule has 6 heteroatoms. The molecule has 1 N–H and O–H groups in total. The number of halogens is 2. The SMILES string of the molecule is O=c1[nH]c(CSc2ccccc2F)nc(C2CC2)c1I. The van der Waals surface area contributed by atoms with Crippen LogP contribution in [-0.4, -0.2) is 9.97 Å². The van der Waals surface area contributed by atoms with Crippen molar-refractivity contribution in [3.05, 3.63) is 55.5 Å². The van der Waals surface area contributed by atoms with E-state index in [1.165, 1.54) is 17.8 Å². The van der Waals surface area contributed by atoms with E-state index in [0.29, 0.717) is 26.0 Å². The summed E-state index contributed by atoms with van der Waals surface area (Å²) in [4.78, 5) is 19.8. The van der Waals surface area contributed by atoms with E-state index in [9.17, 15) is 9.18 Å². The highest BCUT2D eigenvalue weighted by molar-refractivity contribution is 14.1. The van der Waals surface area contributed by atoms with Gasteiger partial charge in [0.2, 0.25) is 0 Å². The monoisotopic (exact) mass is 402 g/mol. The molecule has 2 aromatic rings. The van der Waals surface area contributed by atoms with Crippen molar-refractivity contribution in [1.29, 1.82) is 0 Å². The first-order chi connectivity index (χ1) is 9.65. The van der Waals surface area contributed by atoms with Crippen molar-refractivity contribution in [3.8, 4) is 0 Å². The zero-order chi connectivity index (χ0) is 14.1. The maximum absolute atomic E-state index is 13.5. The molecular weight excluding hydrogens is 390 g/mol. The fourth-order valence-electron chi connectivity index (χ4n) is 1.93. The first-order valence-electron chi connectivity index (χ1n) is 6.31. The quantitative estimate of drug-likeness (QED) is 0.627. The Morgan fingerprint density at radius 3 is 2.85 bits per heavy atom. The summed E-state index contributed by atoms with van der Waals surface area (Å²) in [6.45, 7) is 0. The lowest BCUT2D eigenvalue weighted by molar-refractivity contribution is 0.602. The second kappa shape index (κ2) is 5.85. The second-order valence-electron chi connectivity index (χ2n) is 4.71. The van der Waals surface area contributed by atoms with Crippen molar-refractivity contribution < 1.29 is 4.39 Å². The Hall–Kier alpha value is -0.890. The number of thioether (sulfide) groups is 1. The standard InChI is InChI=1S/C14H12FIN2OS/c15-9-3-1-2-4-10(9)20-7-11-17-13(8-5-6-8)12(16)14(19)18-11/h1-4,8H,5-7H2,(H,17,18,19). The van der Waals surface area contributed by atoms with Gasteiger partial charge in [0.15, 0.2) is 0 Å². The highest BCUT2D eigenvalue weighted by atomic mass is 127. The zero-order valence-corrected chi connectivity index (χ0v) is 13.5. The molecule has 104 valence electrons. The lowest BCUT2D eigenvalue weighted by atomic mass is 10.3. The maximum Gasteiger partial charge on any atom is 0.264 e. The summed E-state index contributed by atoms with van der Waals surface area (Å²) in [6, 6.07) is 6.62. The van der Waals surface area contributed by atoms with Crippen LogP contribution in [-0.2, 0) is 5.75 Å². The van der Waals surface area contributed by atoms with Crippen LogP contribution in [0.3, 0.4) is 0 Å². The predicted octanol–water partition coefficient (Wildman–Crippen LogP) is 3.68. The number of H-pyrrole nitrogens is 1. The minimum absolute atomic E-state index is 0.0911. The first-order valence-corrected chi connectivity index (χ1v) is 8.37. The van der Waals surface area contributed by atoms with Gasteiger partial charge in [-0.05, 0) is 47.6 Å². The highest BCUT2D eigenvalue weighted by Gasteiger charge is 2.28. The van der Waals surface area contributed by atoms with Gasteiger partial charge >= 0.3 is 0 Å². The predicted molar refractivity (Wildman–Crippen MR) is 85.5 cm³/mol. The number of aromatic amines is 1. The van der Waals surface area contributed by atoms with Gasteiger partial charge in [-0.1, -0.05) is 12.1 Å². The van der Waals surface area contributed by atoms with E-state index in [1.54, 1.807) is 18.2 Å². The molecule has 0 unspecified atom stereocenters. The van der Waals surface area contributed by atoms with E-state index in [4.69, 9.17) is 0 Å². The van der Waals surface area contributed by atoms with Crippen LogP contribution >= 0.6 is 34.4 Å². The second-order valence-corrected chi connectivity index (χ2v) is 6.80. The summed E-state index contributed by atoms with van der Waals surface area (Å²) < 4.78 is 14.2. The van der Waals surface area contributed by atoms with Gasteiger partial charge in [0, 0.05) is 10.8 Å². The van der Waals surface area contributed by atoms with Crippen molar-refractivity contribution in [2.75, 3.05) is 0 Å². The normalized spacial score (nSPS) is 14.5. The Kier molecular flexibility index (Phi) is 4.11. The summed E-state index contributed by atoms with van der Waals surface area (Å²) in [5.41, 5.74) is 0.810. The Labute approximate surface area is 133 Å². The number of rotatable bonds is 4. The molecular formula is C14H12FIN2OS. The van der Waals surface area contributed by atoms with E-state index in [2.05, 4.69) is 9.97 Å². The molecule has 1 heterocycles. The van der Waals surface area contributed by atoms with E-state index in [-0.39, 0.29) is 11.4 Å². The van der Waals surface area contributed by atoms with Gasteiger partial charge in [0.05, 0.1) is 15.0 Å². The van der Waals surface area contributed by atoms with Crippen LogP contribution in [0.15, 0.2) is 34.0 Å². The van der Waals surface area contributed by atoms with E-state index < -0.39 is 0 Å². The fraction of sp³-hybridized carbons (Fsp3) is 0.286. The Morgan fingerprint density at radius 1 is 1.40 bits per heavy atom. The van der Waals surface area contributed by atoms with Gasteiger partial charge in [-0.25, -0.2) is 9.37 Å². The number of benzene rings is 1. The molecule has 0 bridgehead atoms. The largest absolute Gasteiger partial charge is 0.309 e. The minimum atomic E-state index is -0.243. The molecule has 3 nitrogen and oxygen atoms in total. The Morgan fingerprint density at radius 2 is 2.15 bits per heavy atom. The lowest BCUT2D eigenvalue weighted by Gasteiger charge is -2.06. The molecule has 0 radical (unpaired) electrons. The van der Waals surface area contributed by atoms with E-state index in [0.717, 1.165) is 18.5 Å². The van der Waals surface area contributed by atoms with Crippen LogP contribution < -0.4 is 5.56 Å². The Bertz CT molecular complexity index is 700. The van der Waals surface area contributed by atoms with Crippen LogP contribution in [0.4, 0.5) is 4.39 Å². The smallest absolute Gasteiger partial charge is 0.264 e. The number of nitrogens with zero attached hydrogens (tertiary/aromatic N) is 1. The number of aromatic nitrogens is 2. The van der Waals surface area contributed by atoms with Gasteiger partial charge in [0.25, 0.3) is 5.56 Å². The van der Waals surface area contributed by atoms with Crippen molar-refractivity contribution in [1.82, 2.24) is 9.97 Å². The molecule has 1 aromatic carbocycles. The zero-order valence-electron chi connectivity index (χ0n) is 10.5. The number of hydrogen-bond donors (Lipinski definition) is 1. The fourth-order valence-corrected chi connectivity index (χ4v) is 3.43. The summed E-state index contributed by atoms with van der Waals surface area (Å²) >= 11 is 3.39. The van der Waals surface area contributed by atoms with Crippen LogP contribution in [0.1, 0.15) is 30.3 Å². The summed E-state index contributed by atoms with van der Waals surface area (Å²) in [7, 11) is 0. The van der Waals surface area contributed by atoms with Gasteiger partial charge < -0.3 is 4.98 Å². The van der Waals surface area contributed by atoms with Crippen molar-refractivity contribution >= 4 is 34.4 Å².